The number of nitrogens with zero attached hydrogens (tertiary/aromatic N) is 4. The van der Waals surface area contributed by atoms with Gasteiger partial charge in [0.1, 0.15) is 12.4 Å². The van der Waals surface area contributed by atoms with Crippen molar-refractivity contribution >= 4 is 22.6 Å². The van der Waals surface area contributed by atoms with E-state index in [1.165, 1.54) is 12.1 Å². The normalized spacial score (nSPS) is 11.0. The number of carbonyl (C=O) groups excluding carboxylic acids is 1. The van der Waals surface area contributed by atoms with Gasteiger partial charge in [-0.25, -0.2) is 4.98 Å². The minimum atomic E-state index is -0.207. The first-order valence-electron chi connectivity index (χ1n) is 9.31. The van der Waals surface area contributed by atoms with Gasteiger partial charge in [0.25, 0.3) is 0 Å². The zero-order valence-corrected chi connectivity index (χ0v) is 16.5. The van der Waals surface area contributed by atoms with Gasteiger partial charge in [-0.05, 0) is 39.0 Å². The molecule has 0 aliphatic carbocycles. The Morgan fingerprint density at radius 3 is 2.48 bits per heavy atom. The highest BCUT2D eigenvalue weighted by atomic mass is 16.2. The minimum absolute atomic E-state index is 0.0623. The second-order valence-electron chi connectivity index (χ2n) is 7.05. The molecule has 4 rings (SSSR count). The van der Waals surface area contributed by atoms with Crippen LogP contribution in [-0.2, 0) is 11.3 Å². The fourth-order valence-electron chi connectivity index (χ4n) is 3.40. The Morgan fingerprint density at radius 2 is 1.72 bits per heavy atom. The summed E-state index contributed by atoms with van der Waals surface area (Å²) >= 11 is 0. The van der Waals surface area contributed by atoms with Crippen LogP contribution in [-0.4, -0.2) is 25.2 Å². The van der Waals surface area contributed by atoms with Crippen LogP contribution in [0.15, 0.2) is 59.4 Å². The number of nitrogens with one attached hydrogen (secondary N) is 1. The molecular weight excluding hydrogens is 366 g/mol. The van der Waals surface area contributed by atoms with Crippen LogP contribution in [0.4, 0.5) is 5.82 Å². The summed E-state index contributed by atoms with van der Waals surface area (Å²) in [4.78, 5) is 29.0. The molecule has 0 fully saturated rings. The molecule has 0 bridgehead atoms. The molecule has 0 unspecified atom stereocenters. The standard InChI is InChI=1S/C22H21N5O2/c1-14-10-21(24-22(29)13-26-15(2)11-18(28)12-16(26)3)27(25-14)20-9-8-17-6-4-5-7-19(17)23-20/h4-12H,13H2,1-3H3,(H,24,29). The molecule has 0 saturated carbocycles. The van der Waals surface area contributed by atoms with Crippen LogP contribution in [0.1, 0.15) is 17.1 Å². The fraction of sp³-hybridized carbons (Fsp3) is 0.182. The van der Waals surface area contributed by atoms with Crippen molar-refractivity contribution in [1.29, 1.82) is 0 Å². The molecule has 0 saturated heterocycles. The second kappa shape index (κ2) is 7.35. The van der Waals surface area contributed by atoms with E-state index < -0.39 is 0 Å². The van der Waals surface area contributed by atoms with Crippen LogP contribution in [0.3, 0.4) is 0 Å². The summed E-state index contributed by atoms with van der Waals surface area (Å²) in [6.07, 6.45) is 0. The predicted molar refractivity (Wildman–Crippen MR) is 112 cm³/mol. The Labute approximate surface area is 167 Å². The van der Waals surface area contributed by atoms with E-state index in [-0.39, 0.29) is 17.9 Å². The average molecular weight is 387 g/mol. The number of pyridine rings is 2. The number of para-hydroxylation sites is 1. The van der Waals surface area contributed by atoms with Gasteiger partial charge in [0.2, 0.25) is 5.91 Å². The number of benzene rings is 1. The molecule has 0 spiro atoms. The van der Waals surface area contributed by atoms with Gasteiger partial charge in [0.05, 0.1) is 11.2 Å². The van der Waals surface area contributed by atoms with Crippen LogP contribution in [0.2, 0.25) is 0 Å². The molecular formula is C22H21N5O2. The van der Waals surface area contributed by atoms with E-state index in [0.29, 0.717) is 11.6 Å². The van der Waals surface area contributed by atoms with Crippen molar-refractivity contribution in [3.63, 3.8) is 0 Å². The van der Waals surface area contributed by atoms with E-state index in [1.54, 1.807) is 15.3 Å². The molecule has 146 valence electrons. The lowest BCUT2D eigenvalue weighted by Gasteiger charge is -2.14. The zero-order chi connectivity index (χ0) is 20.5. The molecule has 0 atom stereocenters. The van der Waals surface area contributed by atoms with Crippen molar-refractivity contribution in [2.45, 2.75) is 27.3 Å². The Morgan fingerprint density at radius 1 is 1.00 bits per heavy atom. The first-order chi connectivity index (χ1) is 13.9. The molecule has 4 aromatic rings. The van der Waals surface area contributed by atoms with E-state index in [1.807, 2.05) is 57.2 Å². The summed E-state index contributed by atoms with van der Waals surface area (Å²) in [5, 5.41) is 8.44. The molecule has 1 amide bonds. The molecule has 1 aromatic carbocycles. The SMILES string of the molecule is Cc1cc(NC(=O)Cn2c(C)cc(=O)cc2C)n(-c2ccc3ccccc3n2)n1. The monoisotopic (exact) mass is 387 g/mol. The maximum atomic E-state index is 12.7. The highest BCUT2D eigenvalue weighted by Gasteiger charge is 2.14. The van der Waals surface area contributed by atoms with E-state index in [4.69, 9.17) is 0 Å². The third-order valence-electron chi connectivity index (χ3n) is 4.76. The summed E-state index contributed by atoms with van der Waals surface area (Å²) in [5.74, 6) is 0.969. The Balaban J connectivity index is 1.63. The topological polar surface area (TPSA) is 81.8 Å². The molecule has 0 aliphatic rings. The van der Waals surface area contributed by atoms with Crippen molar-refractivity contribution in [3.05, 3.63) is 81.9 Å². The highest BCUT2D eigenvalue weighted by Crippen LogP contribution is 2.19. The van der Waals surface area contributed by atoms with E-state index in [0.717, 1.165) is 28.0 Å². The summed E-state index contributed by atoms with van der Waals surface area (Å²) in [5.41, 5.74) is 3.05. The van der Waals surface area contributed by atoms with Crippen molar-refractivity contribution in [2.75, 3.05) is 5.32 Å². The van der Waals surface area contributed by atoms with Crippen LogP contribution in [0, 0.1) is 20.8 Å². The number of rotatable bonds is 4. The van der Waals surface area contributed by atoms with Gasteiger partial charge in [-0.1, -0.05) is 18.2 Å². The molecule has 3 aromatic heterocycles. The van der Waals surface area contributed by atoms with Gasteiger partial charge in [-0.3, -0.25) is 9.59 Å². The first kappa shape index (κ1) is 18.6. The molecule has 7 nitrogen and oxygen atoms in total. The number of anilines is 1. The minimum Gasteiger partial charge on any atom is -0.340 e. The Bertz CT molecular complexity index is 1260. The molecule has 0 radical (unpaired) electrons. The van der Waals surface area contributed by atoms with Gasteiger partial charge in [-0.15, -0.1) is 0 Å². The molecule has 0 aliphatic heterocycles. The quantitative estimate of drug-likeness (QED) is 0.583. The Kier molecular flexibility index (Phi) is 4.72. The second-order valence-corrected chi connectivity index (χ2v) is 7.05. The smallest absolute Gasteiger partial charge is 0.245 e. The molecule has 3 heterocycles. The van der Waals surface area contributed by atoms with Gasteiger partial charge >= 0.3 is 0 Å². The largest absolute Gasteiger partial charge is 0.340 e. The molecule has 1 N–H and O–H groups in total. The third-order valence-corrected chi connectivity index (χ3v) is 4.76. The van der Waals surface area contributed by atoms with Crippen LogP contribution in [0.25, 0.3) is 16.7 Å². The highest BCUT2D eigenvalue weighted by molar-refractivity contribution is 5.90. The summed E-state index contributed by atoms with van der Waals surface area (Å²) in [6, 6.07) is 16.5. The lowest BCUT2D eigenvalue weighted by atomic mass is 10.2. The average Bonchev–Trinajstić information content (AvgIpc) is 3.04. The van der Waals surface area contributed by atoms with Crippen LogP contribution < -0.4 is 10.7 Å². The van der Waals surface area contributed by atoms with Crippen LogP contribution in [0.5, 0.6) is 0 Å². The number of hydrogen-bond acceptors (Lipinski definition) is 4. The van der Waals surface area contributed by atoms with Crippen molar-refractivity contribution in [2.24, 2.45) is 0 Å². The number of aryl methyl sites for hydroxylation is 3. The van der Waals surface area contributed by atoms with Crippen molar-refractivity contribution < 1.29 is 4.79 Å². The predicted octanol–water partition coefficient (Wildman–Crippen LogP) is 3.15. The third kappa shape index (κ3) is 3.80. The first-order valence-corrected chi connectivity index (χ1v) is 9.31. The molecule has 29 heavy (non-hydrogen) atoms. The van der Waals surface area contributed by atoms with Crippen molar-refractivity contribution in [3.8, 4) is 5.82 Å². The molecule has 7 heteroatoms. The van der Waals surface area contributed by atoms with Crippen LogP contribution >= 0.6 is 0 Å². The summed E-state index contributed by atoms with van der Waals surface area (Å²) < 4.78 is 3.43. The summed E-state index contributed by atoms with van der Waals surface area (Å²) in [6.45, 7) is 5.60. The number of aromatic nitrogens is 4. The number of hydrogen-bond donors (Lipinski definition) is 1. The van der Waals surface area contributed by atoms with E-state index in [2.05, 4.69) is 15.4 Å². The maximum Gasteiger partial charge on any atom is 0.245 e. The van der Waals surface area contributed by atoms with Gasteiger partial charge in [0, 0.05) is 35.0 Å². The van der Waals surface area contributed by atoms with E-state index >= 15 is 0 Å². The fourth-order valence-corrected chi connectivity index (χ4v) is 3.40. The van der Waals surface area contributed by atoms with Gasteiger partial charge in [0.15, 0.2) is 11.2 Å². The number of carbonyl (C=O) groups is 1. The summed E-state index contributed by atoms with van der Waals surface area (Å²) in [7, 11) is 0. The Hall–Kier alpha value is -3.74. The lowest BCUT2D eigenvalue weighted by Crippen LogP contribution is -2.24. The van der Waals surface area contributed by atoms with Crippen molar-refractivity contribution in [1.82, 2.24) is 19.3 Å². The number of amides is 1. The van der Waals surface area contributed by atoms with Gasteiger partial charge in [-0.2, -0.15) is 9.78 Å². The zero-order valence-electron chi connectivity index (χ0n) is 16.5. The number of fused-ring (bicyclic) bond motifs is 1. The van der Waals surface area contributed by atoms with E-state index in [9.17, 15) is 9.59 Å². The lowest BCUT2D eigenvalue weighted by molar-refractivity contribution is -0.116. The maximum absolute atomic E-state index is 12.7. The van der Waals surface area contributed by atoms with Gasteiger partial charge < -0.3 is 9.88 Å².